The molecule has 0 radical (unpaired) electrons. The molecule has 1 saturated heterocycles. The molecule has 0 bridgehead atoms. The van der Waals surface area contributed by atoms with E-state index in [1.807, 2.05) is 70.5 Å². The van der Waals surface area contributed by atoms with Crippen molar-refractivity contribution < 1.29 is 13.9 Å². The van der Waals surface area contributed by atoms with Gasteiger partial charge in [-0.1, -0.05) is 41.5 Å². The van der Waals surface area contributed by atoms with Crippen LogP contribution >= 0.6 is 0 Å². The Bertz CT molecular complexity index is 890. The molecule has 1 amide bonds. The summed E-state index contributed by atoms with van der Waals surface area (Å²) in [6.45, 7) is 2.98. The molecule has 0 saturated carbocycles. The van der Waals surface area contributed by atoms with Crippen LogP contribution in [0, 0.1) is 0 Å². The number of nitrogens with zero attached hydrogens (tertiary/aromatic N) is 4. The number of para-hydroxylation sites is 1. The van der Waals surface area contributed by atoms with Gasteiger partial charge in [0, 0.05) is 31.7 Å². The van der Waals surface area contributed by atoms with Gasteiger partial charge in [-0.2, -0.15) is 0 Å². The fourth-order valence-corrected chi connectivity index (χ4v) is 3.12. The third-order valence-electron chi connectivity index (χ3n) is 4.67. The predicted octanol–water partition coefficient (Wildman–Crippen LogP) is 2.85. The van der Waals surface area contributed by atoms with Gasteiger partial charge in [0.15, 0.2) is 0 Å². The third kappa shape index (κ3) is 4.31. The average molecular weight is 378 g/mol. The summed E-state index contributed by atoms with van der Waals surface area (Å²) in [6, 6.07) is 19.7. The topological polar surface area (TPSA) is 71.7 Å². The van der Waals surface area contributed by atoms with Gasteiger partial charge >= 0.3 is 6.01 Å². The van der Waals surface area contributed by atoms with E-state index in [-0.39, 0.29) is 5.91 Å². The fraction of sp³-hybridized carbons (Fsp3) is 0.286. The molecule has 0 atom stereocenters. The third-order valence-corrected chi connectivity index (χ3v) is 4.67. The second kappa shape index (κ2) is 8.56. The van der Waals surface area contributed by atoms with Crippen LogP contribution in [0.1, 0.15) is 6.42 Å². The van der Waals surface area contributed by atoms with E-state index in [1.54, 1.807) is 0 Å². The lowest BCUT2D eigenvalue weighted by molar-refractivity contribution is -0.132. The number of aromatic nitrogens is 2. The summed E-state index contributed by atoms with van der Waals surface area (Å²) in [5, 5.41) is 8.28. The molecule has 0 spiro atoms. The molecule has 7 heteroatoms. The van der Waals surface area contributed by atoms with Crippen LogP contribution in [-0.2, 0) is 4.79 Å². The van der Waals surface area contributed by atoms with Crippen molar-refractivity contribution >= 4 is 11.9 Å². The Morgan fingerprint density at radius 3 is 2.32 bits per heavy atom. The summed E-state index contributed by atoms with van der Waals surface area (Å²) in [7, 11) is 0. The zero-order valence-electron chi connectivity index (χ0n) is 15.5. The Morgan fingerprint density at radius 2 is 1.61 bits per heavy atom. The predicted molar refractivity (Wildman–Crippen MR) is 105 cm³/mol. The van der Waals surface area contributed by atoms with E-state index < -0.39 is 0 Å². The maximum Gasteiger partial charge on any atom is 0.318 e. The highest BCUT2D eigenvalue weighted by molar-refractivity contribution is 5.76. The number of ether oxygens (including phenoxy) is 1. The average Bonchev–Trinajstić information content (AvgIpc) is 3.25. The molecule has 2 heterocycles. The first-order valence-electron chi connectivity index (χ1n) is 9.39. The second-order valence-electron chi connectivity index (χ2n) is 6.54. The number of carbonyl (C=O) groups is 1. The first-order chi connectivity index (χ1) is 13.8. The molecule has 1 aliphatic rings. The van der Waals surface area contributed by atoms with Gasteiger partial charge in [0.1, 0.15) is 5.75 Å². The number of carbonyl (C=O) groups excluding carboxylic acids is 1. The van der Waals surface area contributed by atoms with Crippen LogP contribution < -0.4 is 9.64 Å². The van der Waals surface area contributed by atoms with Gasteiger partial charge in [0.2, 0.25) is 11.8 Å². The molecule has 144 valence electrons. The molecule has 3 aromatic rings. The van der Waals surface area contributed by atoms with Crippen molar-refractivity contribution in [1.82, 2.24) is 15.1 Å². The zero-order valence-corrected chi connectivity index (χ0v) is 15.5. The van der Waals surface area contributed by atoms with Crippen LogP contribution in [0.3, 0.4) is 0 Å². The minimum absolute atomic E-state index is 0.103. The first-order valence-corrected chi connectivity index (χ1v) is 9.39. The molecule has 0 unspecified atom stereocenters. The Hall–Kier alpha value is -3.35. The highest BCUT2D eigenvalue weighted by Gasteiger charge is 2.24. The van der Waals surface area contributed by atoms with E-state index in [1.165, 1.54) is 0 Å². The van der Waals surface area contributed by atoms with Crippen LogP contribution in [0.5, 0.6) is 5.75 Å². The van der Waals surface area contributed by atoms with Crippen molar-refractivity contribution in [1.29, 1.82) is 0 Å². The maximum absolute atomic E-state index is 12.4. The van der Waals surface area contributed by atoms with E-state index in [9.17, 15) is 4.79 Å². The number of anilines is 1. The summed E-state index contributed by atoms with van der Waals surface area (Å²) in [4.78, 5) is 16.3. The van der Waals surface area contributed by atoms with E-state index in [2.05, 4.69) is 10.2 Å². The number of amides is 1. The molecular formula is C21H22N4O3. The largest absolute Gasteiger partial charge is 0.493 e. The van der Waals surface area contributed by atoms with Gasteiger partial charge in [-0.3, -0.25) is 4.79 Å². The van der Waals surface area contributed by atoms with Crippen molar-refractivity contribution in [2.45, 2.75) is 6.42 Å². The quantitative estimate of drug-likeness (QED) is 0.657. The van der Waals surface area contributed by atoms with Gasteiger partial charge in [-0.15, -0.1) is 5.10 Å². The molecule has 1 aromatic heterocycles. The molecule has 2 aromatic carbocycles. The lowest BCUT2D eigenvalue weighted by Gasteiger charge is -2.33. The standard InChI is InChI=1S/C21H22N4O3/c26-19(11-16-27-18-9-5-2-6-10-18)24-12-14-25(15-13-24)21-23-22-20(28-21)17-7-3-1-4-8-17/h1-10H,11-16H2. The molecule has 28 heavy (non-hydrogen) atoms. The van der Waals surface area contributed by atoms with Crippen molar-refractivity contribution in [3.05, 3.63) is 60.7 Å². The normalized spacial score (nSPS) is 14.1. The van der Waals surface area contributed by atoms with E-state index in [0.717, 1.165) is 11.3 Å². The van der Waals surface area contributed by atoms with Crippen molar-refractivity contribution in [2.24, 2.45) is 0 Å². The Morgan fingerprint density at radius 1 is 0.929 bits per heavy atom. The van der Waals surface area contributed by atoms with Gasteiger partial charge in [-0.05, 0) is 24.3 Å². The van der Waals surface area contributed by atoms with Crippen LogP contribution in [0.15, 0.2) is 65.1 Å². The smallest absolute Gasteiger partial charge is 0.318 e. The monoisotopic (exact) mass is 378 g/mol. The number of piperazine rings is 1. The summed E-state index contributed by atoms with van der Waals surface area (Å²) in [5.74, 6) is 1.39. The molecule has 7 nitrogen and oxygen atoms in total. The zero-order chi connectivity index (χ0) is 19.2. The molecular weight excluding hydrogens is 356 g/mol. The number of rotatable bonds is 6. The maximum atomic E-state index is 12.4. The van der Waals surface area contributed by atoms with Crippen molar-refractivity contribution in [3.63, 3.8) is 0 Å². The molecule has 1 aliphatic heterocycles. The van der Waals surface area contributed by atoms with Gasteiger partial charge < -0.3 is 19.0 Å². The van der Waals surface area contributed by atoms with Gasteiger partial charge in [0.25, 0.3) is 0 Å². The summed E-state index contributed by atoms with van der Waals surface area (Å²) in [5.41, 5.74) is 0.897. The molecule has 4 rings (SSSR count). The summed E-state index contributed by atoms with van der Waals surface area (Å²) >= 11 is 0. The van der Waals surface area contributed by atoms with Crippen LogP contribution in [0.4, 0.5) is 6.01 Å². The van der Waals surface area contributed by atoms with Gasteiger partial charge in [-0.25, -0.2) is 0 Å². The minimum atomic E-state index is 0.103. The number of hydrogen-bond donors (Lipinski definition) is 0. The lowest BCUT2D eigenvalue weighted by atomic mass is 10.2. The highest BCUT2D eigenvalue weighted by atomic mass is 16.5. The minimum Gasteiger partial charge on any atom is -0.493 e. The Kier molecular flexibility index (Phi) is 5.51. The van der Waals surface area contributed by atoms with Crippen molar-refractivity contribution in [3.8, 4) is 17.2 Å². The molecule has 0 N–H and O–H groups in total. The molecule has 1 fully saturated rings. The highest BCUT2D eigenvalue weighted by Crippen LogP contribution is 2.22. The first kappa shape index (κ1) is 18.0. The van der Waals surface area contributed by atoms with E-state index >= 15 is 0 Å². The van der Waals surface area contributed by atoms with E-state index in [4.69, 9.17) is 9.15 Å². The Labute approximate surface area is 163 Å². The fourth-order valence-electron chi connectivity index (χ4n) is 3.12. The van der Waals surface area contributed by atoms with Gasteiger partial charge in [0.05, 0.1) is 13.0 Å². The van der Waals surface area contributed by atoms with Crippen molar-refractivity contribution in [2.75, 3.05) is 37.7 Å². The summed E-state index contributed by atoms with van der Waals surface area (Å²) in [6.07, 6.45) is 0.369. The Balaban J connectivity index is 1.25. The van der Waals surface area contributed by atoms with Crippen LogP contribution in [0.2, 0.25) is 0 Å². The SMILES string of the molecule is O=C(CCOc1ccccc1)N1CCN(c2nnc(-c3ccccc3)o2)CC1. The number of benzene rings is 2. The second-order valence-corrected chi connectivity index (χ2v) is 6.54. The molecule has 0 aliphatic carbocycles. The van der Waals surface area contributed by atoms with Crippen LogP contribution in [0.25, 0.3) is 11.5 Å². The van der Waals surface area contributed by atoms with Crippen LogP contribution in [-0.4, -0.2) is 53.8 Å². The van der Waals surface area contributed by atoms with E-state index in [0.29, 0.717) is 51.1 Å². The summed E-state index contributed by atoms with van der Waals surface area (Å²) < 4.78 is 11.4. The lowest BCUT2D eigenvalue weighted by Crippen LogP contribution is -2.49. The number of hydrogen-bond acceptors (Lipinski definition) is 6.